The molecule has 0 unspecified atom stereocenters. The molecule has 3 aromatic carbocycles. The van der Waals surface area contributed by atoms with Crippen molar-refractivity contribution < 1.29 is 46.8 Å². The number of hydrogen-bond donors (Lipinski definition) is 4. The summed E-state index contributed by atoms with van der Waals surface area (Å²) in [5.74, 6) is 4.16. The number of benzene rings is 3. The number of aliphatic hydroxyl groups is 2. The first kappa shape index (κ1) is 60.9. The van der Waals surface area contributed by atoms with Gasteiger partial charge in [0, 0.05) is 84.5 Å². The third-order valence-corrected chi connectivity index (χ3v) is 21.1. The fourth-order valence-corrected chi connectivity index (χ4v) is 15.8. The van der Waals surface area contributed by atoms with E-state index in [4.69, 9.17) is 19.2 Å². The normalized spacial score (nSPS) is 26.2. The van der Waals surface area contributed by atoms with Crippen molar-refractivity contribution in [2.75, 3.05) is 97.2 Å². The predicted octanol–water partition coefficient (Wildman–Crippen LogP) is 7.00. The number of carbonyl (C=O) groups excluding carboxylic acids is 2. The molecule has 0 bridgehead atoms. The summed E-state index contributed by atoms with van der Waals surface area (Å²) in [6.07, 6.45) is 11.9. The number of carbonyl (C=O) groups is 2. The Kier molecular flexibility index (Phi) is 18.7. The van der Waals surface area contributed by atoms with E-state index < -0.39 is 10.0 Å². The number of nitrogens with zero attached hydrogens (tertiary/aromatic N) is 7. The van der Waals surface area contributed by atoms with Gasteiger partial charge in [0.25, 0.3) is 11.5 Å². The molecule has 84 heavy (non-hydrogen) atoms. The van der Waals surface area contributed by atoms with Crippen LogP contribution in [-0.2, 0) is 28.3 Å². The molecule has 3 saturated carbocycles. The molecule has 4 aliphatic carbocycles. The molecule has 4 N–H and O–H groups in total. The topological polar surface area (TPSA) is 225 Å². The van der Waals surface area contributed by atoms with Crippen LogP contribution < -0.4 is 30.0 Å². The minimum absolute atomic E-state index is 0.0694. The van der Waals surface area contributed by atoms with E-state index in [0.29, 0.717) is 97.7 Å². The summed E-state index contributed by atoms with van der Waals surface area (Å²) in [6, 6.07) is 16.1. The number of H-pyrrole nitrogens is 1. The Morgan fingerprint density at radius 1 is 0.917 bits per heavy atom. The maximum absolute atomic E-state index is 13.3. The van der Waals surface area contributed by atoms with Gasteiger partial charge in [0.05, 0.1) is 41.2 Å². The highest BCUT2D eigenvalue weighted by molar-refractivity contribution is 7.89. The van der Waals surface area contributed by atoms with Gasteiger partial charge < -0.3 is 44.5 Å². The Bertz CT molecular complexity index is 3380. The van der Waals surface area contributed by atoms with E-state index in [1.807, 2.05) is 45.2 Å². The summed E-state index contributed by atoms with van der Waals surface area (Å²) in [5, 5.41) is 27.1. The van der Waals surface area contributed by atoms with Crippen molar-refractivity contribution in [3.63, 3.8) is 0 Å². The number of likely N-dealkylation sites (N-methyl/N-ethyl adjacent to an activating group) is 1. The van der Waals surface area contributed by atoms with Crippen molar-refractivity contribution in [2.45, 2.75) is 109 Å². The van der Waals surface area contributed by atoms with Crippen LogP contribution in [0.4, 0.5) is 10.1 Å². The summed E-state index contributed by atoms with van der Waals surface area (Å²) in [7, 11) is -0.00831. The molecule has 19 nitrogen and oxygen atoms in total. The lowest BCUT2D eigenvalue weighted by molar-refractivity contribution is -0.118. The molecule has 5 fully saturated rings. The second-order valence-corrected chi connectivity index (χ2v) is 26.2. The van der Waals surface area contributed by atoms with Gasteiger partial charge in [-0.15, -0.1) is 0 Å². The number of aromatic amines is 1. The van der Waals surface area contributed by atoms with Crippen LogP contribution in [0.15, 0.2) is 82.0 Å². The number of sulfonamides is 1. The van der Waals surface area contributed by atoms with Crippen LogP contribution in [0, 0.1) is 34.4 Å². The number of anilines is 1. The van der Waals surface area contributed by atoms with Crippen LogP contribution in [0.1, 0.15) is 102 Å². The molecule has 7 aliphatic rings. The van der Waals surface area contributed by atoms with Crippen molar-refractivity contribution in [3.8, 4) is 28.6 Å². The van der Waals surface area contributed by atoms with E-state index in [-0.39, 0.29) is 57.6 Å². The van der Waals surface area contributed by atoms with Crippen LogP contribution in [0.3, 0.4) is 0 Å². The van der Waals surface area contributed by atoms with Crippen LogP contribution in [0.25, 0.3) is 22.4 Å². The Labute approximate surface area is 492 Å². The Hall–Kier alpha value is -6.23. The van der Waals surface area contributed by atoms with Crippen molar-refractivity contribution in [3.05, 3.63) is 99.7 Å². The number of halogens is 1. The Balaban J connectivity index is 0.000000144. The number of aromatic nitrogens is 4. The van der Waals surface area contributed by atoms with Crippen LogP contribution >= 0.6 is 0 Å². The van der Waals surface area contributed by atoms with Gasteiger partial charge in [-0.1, -0.05) is 38.8 Å². The molecule has 5 heterocycles. The van der Waals surface area contributed by atoms with Crippen LogP contribution in [-0.4, -0.2) is 169 Å². The number of hydrogen-bond acceptors (Lipinski definition) is 15. The highest BCUT2D eigenvalue weighted by Crippen LogP contribution is 2.65. The lowest BCUT2D eigenvalue weighted by Crippen LogP contribution is -2.51. The number of para-hydroxylation sites is 1. The molecule has 12 rings (SSSR count). The number of rotatable bonds is 13. The standard InChI is InChI=1S/C22H26FN3O4.C22H30N6O4S.C19H28O2/c23-17-6-4-16(5-7-17)22(28)24-8-9-25-10-12-26(13-11-25)19-2-1-3-20-21(19)29-15-18(14-27)30-20;1-5-7-17-19-20(27(4)25-17)22(29)24-21(23-19)16-14-15(8-9-18(16)32-6-2)33(30,31)28-12-10-26(3)11-13-28;1-18-9-7-13(20)11-12(18)3-4-14-15-5-6-17(21)19(15,2)10-8-16(14)18/h1-7,18,27H,8-15H2,(H,24,28);8-9,14H,5-7,10-13H2,1-4H3,(H,23,24,29);11,14-17,21H,3-10H2,1-2H3/t18-;;14-,15-,16-,17-,18-,19-/m1.0/s1. The maximum atomic E-state index is 13.3. The molecule has 2 saturated heterocycles. The van der Waals surface area contributed by atoms with Gasteiger partial charge in [-0.3, -0.25) is 24.0 Å². The first-order valence-corrected chi connectivity index (χ1v) is 31.7. The summed E-state index contributed by atoms with van der Waals surface area (Å²) in [4.78, 5) is 51.1. The molecule has 454 valence electrons. The molecule has 1 amide bonds. The van der Waals surface area contributed by atoms with Gasteiger partial charge in [-0.2, -0.15) is 9.40 Å². The predicted molar refractivity (Wildman–Crippen MR) is 320 cm³/mol. The van der Waals surface area contributed by atoms with Gasteiger partial charge in [0.2, 0.25) is 10.0 Å². The summed E-state index contributed by atoms with van der Waals surface area (Å²) < 4.78 is 60.0. The summed E-state index contributed by atoms with van der Waals surface area (Å²) >= 11 is 0. The van der Waals surface area contributed by atoms with E-state index in [1.54, 1.807) is 25.2 Å². The zero-order chi connectivity index (χ0) is 59.5. The molecule has 5 aromatic rings. The molecule has 0 radical (unpaired) electrons. The SMILES string of the molecule is CCCc1nn(C)c2c(=O)[nH]c(-c3cc(S(=O)(=O)N4CCN(C)CC4)ccc3OCC)nc12.C[C@]12CC[C@H]3[C@@H](CCC4=CC(=O)CC[C@@]43C)[C@@H]1CC[C@@H]2O.O=C(NCCN1CCN(c2cccc3c2OC[C@@H](CO)O3)CC1)c1ccc(F)cc1. The summed E-state index contributed by atoms with van der Waals surface area (Å²) in [6.45, 7) is 16.2. The highest BCUT2D eigenvalue weighted by Gasteiger charge is 2.58. The molecule has 2 aromatic heterocycles. The number of piperazine rings is 2. The van der Waals surface area contributed by atoms with Crippen LogP contribution in [0.2, 0.25) is 0 Å². The second-order valence-electron chi connectivity index (χ2n) is 24.3. The molecule has 21 heteroatoms. The largest absolute Gasteiger partial charge is 0.493 e. The number of nitrogens with one attached hydrogen (secondary N) is 2. The van der Waals surface area contributed by atoms with E-state index in [2.05, 4.69) is 43.9 Å². The summed E-state index contributed by atoms with van der Waals surface area (Å²) in [5.41, 5.74) is 5.10. The van der Waals surface area contributed by atoms with E-state index in [9.17, 15) is 37.4 Å². The van der Waals surface area contributed by atoms with Gasteiger partial charge in [0.15, 0.2) is 28.9 Å². The number of amides is 1. The fourth-order valence-electron chi connectivity index (χ4n) is 14.3. The first-order chi connectivity index (χ1) is 40.3. The zero-order valence-electron chi connectivity index (χ0n) is 49.6. The van der Waals surface area contributed by atoms with Crippen molar-refractivity contribution >= 4 is 38.4 Å². The van der Waals surface area contributed by atoms with Gasteiger partial charge >= 0.3 is 0 Å². The van der Waals surface area contributed by atoms with Crippen molar-refractivity contribution in [1.82, 2.24) is 39.2 Å². The Morgan fingerprint density at radius 2 is 1.68 bits per heavy atom. The fraction of sp³-hybridized carbons (Fsp3) is 0.571. The Morgan fingerprint density at radius 3 is 2.40 bits per heavy atom. The van der Waals surface area contributed by atoms with Gasteiger partial charge in [-0.25, -0.2) is 17.8 Å². The lowest BCUT2D eigenvalue weighted by atomic mass is 9.47. The van der Waals surface area contributed by atoms with Crippen LogP contribution in [0.5, 0.6) is 17.2 Å². The highest BCUT2D eigenvalue weighted by atomic mass is 32.2. The van der Waals surface area contributed by atoms with Gasteiger partial charge in [-0.05, 0) is 155 Å². The monoisotopic (exact) mass is 1180 g/mol. The maximum Gasteiger partial charge on any atom is 0.277 e. The number of aryl methyl sites for hydroxylation is 2. The minimum atomic E-state index is -3.70. The van der Waals surface area contributed by atoms with Crippen molar-refractivity contribution in [1.29, 1.82) is 0 Å². The number of aliphatic hydroxyl groups excluding tert-OH is 2. The third-order valence-electron chi connectivity index (χ3n) is 19.2. The molecule has 0 spiro atoms. The number of ether oxygens (including phenoxy) is 3. The average molecular weight is 1180 g/mol. The van der Waals surface area contributed by atoms with E-state index >= 15 is 0 Å². The number of allylic oxidation sites excluding steroid dienone is 1. The average Bonchev–Trinajstić information content (AvgIpc) is 1.39. The van der Waals surface area contributed by atoms with E-state index in [1.165, 1.54) is 64.5 Å². The molecular weight excluding hydrogens is 1090 g/mol. The van der Waals surface area contributed by atoms with Crippen molar-refractivity contribution in [2.24, 2.45) is 35.6 Å². The number of ketones is 1. The molecular formula is C63H84FN9O10S. The first-order valence-electron chi connectivity index (χ1n) is 30.2. The minimum Gasteiger partial charge on any atom is -0.493 e. The van der Waals surface area contributed by atoms with E-state index in [0.717, 1.165) is 93.8 Å². The van der Waals surface area contributed by atoms with Gasteiger partial charge in [0.1, 0.15) is 29.5 Å². The smallest absolute Gasteiger partial charge is 0.277 e. The molecule has 7 atom stereocenters. The zero-order valence-corrected chi connectivity index (χ0v) is 50.4. The number of fused-ring (bicyclic) bond motifs is 7. The lowest BCUT2D eigenvalue weighted by Gasteiger charge is -2.57. The third kappa shape index (κ3) is 12.5. The molecule has 3 aliphatic heterocycles. The second kappa shape index (κ2) is 25.8. The quantitative estimate of drug-likeness (QED) is 0.0932.